The van der Waals surface area contributed by atoms with Crippen molar-refractivity contribution in [3.05, 3.63) is 46.7 Å². The number of benzene rings is 1. The summed E-state index contributed by atoms with van der Waals surface area (Å²) in [7, 11) is 0. The van der Waals surface area contributed by atoms with Crippen LogP contribution < -0.4 is 10.1 Å². The van der Waals surface area contributed by atoms with Crippen LogP contribution >= 0.6 is 0 Å². The highest BCUT2D eigenvalue weighted by atomic mass is 16.5. The Morgan fingerprint density at radius 1 is 1.17 bits per heavy atom. The molecule has 0 saturated heterocycles. The number of hydrogen-bond acceptors (Lipinski definition) is 3. The van der Waals surface area contributed by atoms with Crippen LogP contribution in [0.25, 0.3) is 17.0 Å². The zero-order valence-electron chi connectivity index (χ0n) is 17.2. The van der Waals surface area contributed by atoms with E-state index in [4.69, 9.17) is 9.15 Å². The van der Waals surface area contributed by atoms with Crippen molar-refractivity contribution >= 4 is 23.0 Å². The smallest absolute Gasteiger partial charge is 0.287 e. The molecule has 1 fully saturated rings. The molecule has 4 heteroatoms. The van der Waals surface area contributed by atoms with Crippen molar-refractivity contribution in [3.8, 4) is 5.75 Å². The van der Waals surface area contributed by atoms with E-state index in [1.165, 1.54) is 44.1 Å². The van der Waals surface area contributed by atoms with E-state index in [1.54, 1.807) is 0 Å². The molecule has 3 aliphatic rings. The summed E-state index contributed by atoms with van der Waals surface area (Å²) in [5.41, 5.74) is 4.01. The third kappa shape index (κ3) is 3.39. The number of fused-ring (bicyclic) bond motifs is 3. The van der Waals surface area contributed by atoms with Gasteiger partial charge in [0, 0.05) is 23.1 Å². The Morgan fingerprint density at radius 3 is 2.83 bits per heavy atom. The summed E-state index contributed by atoms with van der Waals surface area (Å²) in [6.45, 7) is 2.63. The van der Waals surface area contributed by atoms with Gasteiger partial charge in [0.05, 0.1) is 0 Å². The fourth-order valence-corrected chi connectivity index (χ4v) is 5.10. The summed E-state index contributed by atoms with van der Waals surface area (Å²) in [6.07, 6.45) is 17.1. The van der Waals surface area contributed by atoms with E-state index < -0.39 is 0 Å². The standard InChI is InChI=1S/C25H29NO3/c1-17-22-19-11-15-25(13-5-6-14-25)29-20(19)9-10-21(22)28-23(17)24(27)26-16-12-18-7-3-2-4-8-18/h7,9-11,15H,2-6,8,12-14,16H2,1H3,(H,26,27). The minimum atomic E-state index is -0.133. The van der Waals surface area contributed by atoms with Crippen LogP contribution in [0, 0.1) is 6.92 Å². The van der Waals surface area contributed by atoms with Gasteiger partial charge in [-0.15, -0.1) is 0 Å². The topological polar surface area (TPSA) is 51.5 Å². The van der Waals surface area contributed by atoms with Gasteiger partial charge in [-0.1, -0.05) is 17.7 Å². The summed E-state index contributed by atoms with van der Waals surface area (Å²) in [5, 5.41) is 4.04. The Bertz CT molecular complexity index is 1000. The summed E-state index contributed by atoms with van der Waals surface area (Å²) in [6, 6.07) is 3.92. The maximum Gasteiger partial charge on any atom is 0.287 e. The Kier molecular flexibility index (Phi) is 4.73. The van der Waals surface area contributed by atoms with E-state index in [-0.39, 0.29) is 11.5 Å². The van der Waals surface area contributed by atoms with E-state index in [0.717, 1.165) is 47.1 Å². The molecule has 5 rings (SSSR count). The lowest BCUT2D eigenvalue weighted by atomic mass is 9.94. The monoisotopic (exact) mass is 391 g/mol. The van der Waals surface area contributed by atoms with E-state index in [0.29, 0.717) is 12.3 Å². The average Bonchev–Trinajstić information content (AvgIpc) is 3.33. The van der Waals surface area contributed by atoms with Gasteiger partial charge in [-0.3, -0.25) is 4.79 Å². The molecule has 2 heterocycles. The van der Waals surface area contributed by atoms with E-state index in [9.17, 15) is 4.79 Å². The van der Waals surface area contributed by atoms with Crippen molar-refractivity contribution in [2.45, 2.75) is 70.3 Å². The minimum Gasteiger partial charge on any atom is -0.483 e. The van der Waals surface area contributed by atoms with Crippen LogP contribution in [0.3, 0.4) is 0 Å². The normalized spacial score (nSPS) is 19.8. The summed E-state index contributed by atoms with van der Waals surface area (Å²) >= 11 is 0. The first kappa shape index (κ1) is 18.5. The molecule has 0 unspecified atom stereocenters. The van der Waals surface area contributed by atoms with Crippen LogP contribution in [-0.2, 0) is 0 Å². The van der Waals surface area contributed by atoms with Gasteiger partial charge in [-0.05, 0) is 82.9 Å². The van der Waals surface area contributed by atoms with E-state index in [2.05, 4.69) is 23.5 Å². The SMILES string of the molecule is Cc1c(C(=O)NCCC2=CCCCC2)oc2ccc3c(c12)C=CC1(CCCC1)O3. The highest BCUT2D eigenvalue weighted by Gasteiger charge is 2.36. The number of rotatable bonds is 4. The van der Waals surface area contributed by atoms with Gasteiger partial charge in [0.2, 0.25) is 0 Å². The van der Waals surface area contributed by atoms with Gasteiger partial charge >= 0.3 is 0 Å². The summed E-state index contributed by atoms with van der Waals surface area (Å²) in [5.74, 6) is 1.19. The Balaban J connectivity index is 1.37. The summed E-state index contributed by atoms with van der Waals surface area (Å²) in [4.78, 5) is 12.8. The first-order chi connectivity index (χ1) is 14.2. The van der Waals surface area contributed by atoms with Gasteiger partial charge in [0.15, 0.2) is 5.76 Å². The number of furan rings is 1. The predicted octanol–water partition coefficient (Wildman–Crippen LogP) is 6.08. The summed E-state index contributed by atoms with van der Waals surface area (Å²) < 4.78 is 12.4. The Hall–Kier alpha value is -2.49. The number of carbonyl (C=O) groups excluding carboxylic acids is 1. The molecule has 1 amide bonds. The van der Waals surface area contributed by atoms with Crippen molar-refractivity contribution in [2.75, 3.05) is 6.54 Å². The number of hydrogen-bond donors (Lipinski definition) is 1. The molecule has 1 N–H and O–H groups in total. The van der Waals surface area contributed by atoms with Crippen LogP contribution in [0.2, 0.25) is 0 Å². The van der Waals surface area contributed by atoms with Gasteiger partial charge in [0.25, 0.3) is 5.91 Å². The maximum atomic E-state index is 12.8. The molecule has 4 nitrogen and oxygen atoms in total. The van der Waals surface area contributed by atoms with Crippen molar-refractivity contribution in [3.63, 3.8) is 0 Å². The maximum absolute atomic E-state index is 12.8. The van der Waals surface area contributed by atoms with Crippen LogP contribution in [0.15, 0.2) is 34.3 Å². The zero-order valence-corrected chi connectivity index (χ0v) is 17.2. The van der Waals surface area contributed by atoms with Crippen molar-refractivity contribution in [1.82, 2.24) is 5.32 Å². The number of nitrogens with one attached hydrogen (secondary N) is 1. The minimum absolute atomic E-state index is 0.128. The fourth-order valence-electron chi connectivity index (χ4n) is 5.10. The van der Waals surface area contributed by atoms with Crippen molar-refractivity contribution < 1.29 is 13.9 Å². The number of carbonyl (C=O) groups is 1. The lowest BCUT2D eigenvalue weighted by molar-refractivity contribution is 0.0927. The van der Waals surface area contributed by atoms with Crippen LogP contribution in [0.1, 0.15) is 79.5 Å². The zero-order chi connectivity index (χ0) is 19.8. The number of ether oxygens (including phenoxy) is 1. The average molecular weight is 392 g/mol. The Morgan fingerprint density at radius 2 is 2.03 bits per heavy atom. The van der Waals surface area contributed by atoms with Gasteiger partial charge < -0.3 is 14.5 Å². The fraction of sp³-hybridized carbons (Fsp3) is 0.480. The predicted molar refractivity (Wildman–Crippen MR) is 115 cm³/mol. The molecule has 152 valence electrons. The lowest BCUT2D eigenvalue weighted by Gasteiger charge is -2.31. The quantitative estimate of drug-likeness (QED) is 0.643. The highest BCUT2D eigenvalue weighted by molar-refractivity contribution is 6.02. The molecule has 29 heavy (non-hydrogen) atoms. The Labute approximate surface area is 172 Å². The lowest BCUT2D eigenvalue weighted by Crippen LogP contribution is -2.31. The molecule has 0 radical (unpaired) electrons. The molecule has 1 aromatic carbocycles. The molecule has 2 aliphatic carbocycles. The largest absolute Gasteiger partial charge is 0.483 e. The first-order valence-electron chi connectivity index (χ1n) is 11.1. The van der Waals surface area contributed by atoms with Crippen LogP contribution in [-0.4, -0.2) is 18.1 Å². The molecule has 1 saturated carbocycles. The van der Waals surface area contributed by atoms with Gasteiger partial charge in [-0.2, -0.15) is 0 Å². The first-order valence-corrected chi connectivity index (χ1v) is 11.1. The second-order valence-corrected chi connectivity index (χ2v) is 8.73. The molecule has 0 atom stereocenters. The molecule has 2 aromatic rings. The van der Waals surface area contributed by atoms with Gasteiger partial charge in [0.1, 0.15) is 16.9 Å². The van der Waals surface area contributed by atoms with Crippen LogP contribution in [0.5, 0.6) is 5.75 Å². The molecule has 1 spiro atoms. The molecular formula is C25H29NO3. The molecule has 1 aliphatic heterocycles. The van der Waals surface area contributed by atoms with E-state index in [1.807, 2.05) is 19.1 Å². The second kappa shape index (κ2) is 7.40. The molecule has 0 bridgehead atoms. The van der Waals surface area contributed by atoms with Crippen LogP contribution in [0.4, 0.5) is 0 Å². The van der Waals surface area contributed by atoms with Crippen molar-refractivity contribution in [1.29, 1.82) is 0 Å². The number of allylic oxidation sites excluding steroid dienone is 1. The third-order valence-electron chi connectivity index (χ3n) is 6.73. The third-order valence-corrected chi connectivity index (χ3v) is 6.73. The molecular weight excluding hydrogens is 362 g/mol. The van der Waals surface area contributed by atoms with Crippen molar-refractivity contribution in [2.24, 2.45) is 0 Å². The number of amides is 1. The highest BCUT2D eigenvalue weighted by Crippen LogP contribution is 2.44. The van der Waals surface area contributed by atoms with E-state index >= 15 is 0 Å². The molecule has 1 aromatic heterocycles. The number of aryl methyl sites for hydroxylation is 1. The second-order valence-electron chi connectivity index (χ2n) is 8.73. The van der Waals surface area contributed by atoms with Gasteiger partial charge in [-0.25, -0.2) is 0 Å².